The van der Waals surface area contributed by atoms with Crippen LogP contribution < -0.4 is 0 Å². The van der Waals surface area contributed by atoms with Crippen molar-refractivity contribution >= 4 is 5.97 Å². The van der Waals surface area contributed by atoms with Crippen LogP contribution in [0.25, 0.3) is 0 Å². The largest absolute Gasteiger partial charge is 0.462 e. The third-order valence-corrected chi connectivity index (χ3v) is 2.10. The fourth-order valence-electron chi connectivity index (χ4n) is 1.31. The second kappa shape index (κ2) is 4.47. The third kappa shape index (κ3) is 2.47. The predicted octanol–water partition coefficient (Wildman–Crippen LogP) is 1.91. The van der Waals surface area contributed by atoms with Gasteiger partial charge in [-0.1, -0.05) is 30.0 Å². The molecule has 0 aliphatic carbocycles. The molecule has 1 aromatic carbocycles. The van der Waals surface area contributed by atoms with Gasteiger partial charge in [-0.2, -0.15) is 0 Å². The van der Waals surface area contributed by atoms with E-state index in [4.69, 9.17) is 4.74 Å². The average molecular weight is 198 g/mol. The number of rotatable bonds is 0. The van der Waals surface area contributed by atoms with Gasteiger partial charge in [-0.15, -0.1) is 0 Å². The summed E-state index contributed by atoms with van der Waals surface area (Å²) < 4.78 is 4.79. The third-order valence-electron chi connectivity index (χ3n) is 2.10. The van der Waals surface area contributed by atoms with Gasteiger partial charge in [0.1, 0.15) is 0 Å². The number of carbonyl (C=O) groups excluding carboxylic acids is 1. The van der Waals surface area contributed by atoms with Gasteiger partial charge in [-0.05, 0) is 18.2 Å². The maximum absolute atomic E-state index is 11.1. The van der Waals surface area contributed by atoms with Crippen LogP contribution in [-0.4, -0.2) is 12.6 Å². The molecule has 0 bridgehead atoms. The monoisotopic (exact) mass is 198 g/mol. The van der Waals surface area contributed by atoms with Gasteiger partial charge in [0.2, 0.25) is 0 Å². The molecule has 2 rings (SSSR count). The predicted molar refractivity (Wildman–Crippen MR) is 57.0 cm³/mol. The van der Waals surface area contributed by atoms with Gasteiger partial charge in [0.25, 0.3) is 0 Å². The molecule has 1 fully saturated rings. The molecule has 15 heavy (non-hydrogen) atoms. The van der Waals surface area contributed by atoms with Gasteiger partial charge in [0, 0.05) is 17.6 Å². The molecule has 2 nitrogen and oxygen atoms in total. The molecule has 0 unspecified atom stereocenters. The van der Waals surface area contributed by atoms with E-state index in [0.29, 0.717) is 18.6 Å². The van der Waals surface area contributed by atoms with Gasteiger partial charge in [-0.25, -0.2) is 4.79 Å². The van der Waals surface area contributed by atoms with Crippen LogP contribution in [0.3, 0.4) is 0 Å². The number of ether oxygens (including phenoxy) is 1. The lowest BCUT2D eigenvalue weighted by atomic mass is 10.2. The Balaban J connectivity index is 2.10. The van der Waals surface area contributed by atoms with Crippen LogP contribution in [0.4, 0.5) is 0 Å². The number of cyclic esters (lactones) is 1. The van der Waals surface area contributed by atoms with E-state index in [9.17, 15) is 4.79 Å². The molecule has 1 saturated heterocycles. The van der Waals surface area contributed by atoms with E-state index >= 15 is 0 Å². The highest BCUT2D eigenvalue weighted by molar-refractivity contribution is 5.90. The molecule has 1 heterocycles. The van der Waals surface area contributed by atoms with Crippen molar-refractivity contribution in [3.8, 4) is 11.8 Å². The number of benzene rings is 1. The number of carbonyl (C=O) groups is 1. The maximum atomic E-state index is 11.1. The van der Waals surface area contributed by atoms with E-state index < -0.39 is 0 Å². The van der Waals surface area contributed by atoms with Gasteiger partial charge in [0.05, 0.1) is 6.61 Å². The lowest BCUT2D eigenvalue weighted by Gasteiger charge is -1.86. The first-order valence-electron chi connectivity index (χ1n) is 4.79. The smallest absolute Gasteiger partial charge is 0.334 e. The summed E-state index contributed by atoms with van der Waals surface area (Å²) in [6, 6.07) is 9.66. The summed E-state index contributed by atoms with van der Waals surface area (Å²) in [5.74, 6) is 5.58. The van der Waals surface area contributed by atoms with Gasteiger partial charge in [0.15, 0.2) is 0 Å². The van der Waals surface area contributed by atoms with Crippen LogP contribution >= 0.6 is 0 Å². The molecule has 0 radical (unpaired) electrons. The summed E-state index contributed by atoms with van der Waals surface area (Å²) in [6.45, 7) is 0.484. The van der Waals surface area contributed by atoms with Crippen LogP contribution in [0, 0.1) is 11.8 Å². The van der Waals surface area contributed by atoms with Crippen LogP contribution in [0.5, 0.6) is 0 Å². The van der Waals surface area contributed by atoms with E-state index in [2.05, 4.69) is 11.8 Å². The van der Waals surface area contributed by atoms with E-state index in [1.165, 1.54) is 0 Å². The second-order valence-corrected chi connectivity index (χ2v) is 3.19. The first-order chi connectivity index (χ1) is 7.36. The first kappa shape index (κ1) is 9.54. The molecule has 74 valence electrons. The van der Waals surface area contributed by atoms with Crippen molar-refractivity contribution in [3.63, 3.8) is 0 Å². The lowest BCUT2D eigenvalue weighted by Crippen LogP contribution is -1.93. The standard InChI is InChI=1S/C13H10O2/c14-13-12(9-10-15-13)8-4-7-11-5-2-1-3-6-11/h1-3,5-6,8H,9-10H2/b12-8+. The zero-order valence-corrected chi connectivity index (χ0v) is 8.19. The van der Waals surface area contributed by atoms with Crippen LogP contribution in [-0.2, 0) is 9.53 Å². The van der Waals surface area contributed by atoms with Crippen LogP contribution in [0.2, 0.25) is 0 Å². The van der Waals surface area contributed by atoms with Crippen molar-refractivity contribution in [3.05, 3.63) is 47.5 Å². The Labute approximate surface area is 88.6 Å². The van der Waals surface area contributed by atoms with E-state index in [-0.39, 0.29) is 5.97 Å². The van der Waals surface area contributed by atoms with Crippen LogP contribution in [0.1, 0.15) is 12.0 Å². The number of allylic oxidation sites excluding steroid dienone is 1. The SMILES string of the molecule is O=C1OCC/C1=C\C#Cc1ccccc1. The summed E-state index contributed by atoms with van der Waals surface area (Å²) >= 11 is 0. The molecule has 1 aromatic rings. The fraction of sp³-hybridized carbons (Fsp3) is 0.154. The summed E-state index contributed by atoms with van der Waals surface area (Å²) in [5.41, 5.74) is 1.61. The summed E-state index contributed by atoms with van der Waals surface area (Å²) in [7, 11) is 0. The molecule has 2 heteroatoms. The highest BCUT2D eigenvalue weighted by Crippen LogP contribution is 2.11. The molecule has 1 aliphatic heterocycles. The highest BCUT2D eigenvalue weighted by Gasteiger charge is 2.17. The molecule has 0 aromatic heterocycles. The Morgan fingerprint density at radius 3 is 2.73 bits per heavy atom. The van der Waals surface area contributed by atoms with Gasteiger partial charge >= 0.3 is 5.97 Å². The summed E-state index contributed by atoms with van der Waals surface area (Å²) in [4.78, 5) is 11.1. The Hall–Kier alpha value is -2.01. The number of esters is 1. The average Bonchev–Trinajstić information content (AvgIpc) is 2.66. The molecule has 0 spiro atoms. The van der Waals surface area contributed by atoms with Gasteiger partial charge in [-0.3, -0.25) is 0 Å². The first-order valence-corrected chi connectivity index (χ1v) is 4.79. The minimum atomic E-state index is -0.239. The van der Waals surface area contributed by atoms with Gasteiger partial charge < -0.3 is 4.74 Å². The second-order valence-electron chi connectivity index (χ2n) is 3.19. The summed E-state index contributed by atoms with van der Waals surface area (Å²) in [5, 5.41) is 0. The van der Waals surface area contributed by atoms with Crippen LogP contribution in [0.15, 0.2) is 42.0 Å². The normalized spacial score (nSPS) is 17.1. The Morgan fingerprint density at radius 1 is 1.27 bits per heavy atom. The van der Waals surface area contributed by atoms with Crippen molar-refractivity contribution in [2.24, 2.45) is 0 Å². The maximum Gasteiger partial charge on any atom is 0.334 e. The molecule has 1 aliphatic rings. The fourth-order valence-corrected chi connectivity index (χ4v) is 1.31. The quantitative estimate of drug-likeness (QED) is 0.361. The van der Waals surface area contributed by atoms with Crippen molar-refractivity contribution < 1.29 is 9.53 Å². The number of hydrogen-bond donors (Lipinski definition) is 0. The van der Waals surface area contributed by atoms with E-state index in [1.54, 1.807) is 6.08 Å². The minimum Gasteiger partial charge on any atom is -0.462 e. The van der Waals surface area contributed by atoms with Crippen molar-refractivity contribution in [2.45, 2.75) is 6.42 Å². The van der Waals surface area contributed by atoms with Crippen molar-refractivity contribution in [1.29, 1.82) is 0 Å². The number of hydrogen-bond acceptors (Lipinski definition) is 2. The molecule has 0 atom stereocenters. The van der Waals surface area contributed by atoms with Crippen molar-refractivity contribution in [2.75, 3.05) is 6.61 Å². The summed E-state index contributed by atoms with van der Waals surface area (Å²) in [6.07, 6.45) is 2.31. The zero-order valence-electron chi connectivity index (χ0n) is 8.19. The molecule has 0 N–H and O–H groups in total. The van der Waals surface area contributed by atoms with E-state index in [0.717, 1.165) is 5.56 Å². The molecule has 0 amide bonds. The molecular formula is C13H10O2. The van der Waals surface area contributed by atoms with E-state index in [1.807, 2.05) is 30.3 Å². The Morgan fingerprint density at radius 2 is 2.07 bits per heavy atom. The topological polar surface area (TPSA) is 26.3 Å². The Kier molecular flexibility index (Phi) is 2.85. The minimum absolute atomic E-state index is 0.239. The zero-order chi connectivity index (χ0) is 10.5. The lowest BCUT2D eigenvalue weighted by molar-refractivity contribution is -0.135. The molecular weight excluding hydrogens is 188 g/mol. The Bertz CT molecular complexity index is 446. The highest BCUT2D eigenvalue weighted by atomic mass is 16.5. The molecule has 0 saturated carbocycles. The van der Waals surface area contributed by atoms with Crippen molar-refractivity contribution in [1.82, 2.24) is 0 Å².